The minimum Gasteiger partial charge on any atom is -0.479 e. The van der Waals surface area contributed by atoms with E-state index in [0.29, 0.717) is 10.6 Å². The summed E-state index contributed by atoms with van der Waals surface area (Å²) in [7, 11) is -3.21. The lowest BCUT2D eigenvalue weighted by Gasteiger charge is -2.08. The number of thioether (sulfide) groups is 1. The van der Waals surface area contributed by atoms with E-state index in [4.69, 9.17) is 4.74 Å². The van der Waals surface area contributed by atoms with Crippen LogP contribution in [0.1, 0.15) is 6.92 Å². The molecule has 22 heavy (non-hydrogen) atoms. The number of hydrogen-bond donors (Lipinski definition) is 1. The molecule has 124 valence electrons. The summed E-state index contributed by atoms with van der Waals surface area (Å²) in [5, 5.41) is 0. The first kappa shape index (κ1) is 18.7. The molecule has 0 amide bonds. The molecule has 0 aliphatic heterocycles. The van der Waals surface area contributed by atoms with Gasteiger partial charge in [0.2, 0.25) is 10.0 Å². The Labute approximate surface area is 133 Å². The maximum Gasteiger partial charge on any atom is 0.344 e. The van der Waals surface area contributed by atoms with E-state index < -0.39 is 21.8 Å². The van der Waals surface area contributed by atoms with Gasteiger partial charge in [0, 0.05) is 17.2 Å². The van der Waals surface area contributed by atoms with Crippen molar-refractivity contribution in [3.63, 3.8) is 0 Å². The zero-order chi connectivity index (χ0) is 16.6. The third kappa shape index (κ3) is 7.62. The number of halogens is 1. The molecule has 0 heterocycles. The summed E-state index contributed by atoms with van der Waals surface area (Å²) in [5.41, 5.74) is 0. The average Bonchev–Trinajstić information content (AvgIpc) is 2.42. The van der Waals surface area contributed by atoms with Crippen molar-refractivity contribution >= 4 is 27.8 Å². The van der Waals surface area contributed by atoms with Gasteiger partial charge in [0.15, 0.2) is 18.2 Å². The van der Waals surface area contributed by atoms with Crippen molar-refractivity contribution in [1.82, 2.24) is 4.72 Å². The highest BCUT2D eigenvalue weighted by atomic mass is 32.2. The monoisotopic (exact) mass is 351 g/mol. The van der Waals surface area contributed by atoms with Gasteiger partial charge in [0.05, 0.1) is 12.9 Å². The van der Waals surface area contributed by atoms with Gasteiger partial charge in [-0.05, 0) is 25.1 Å². The van der Waals surface area contributed by atoms with Crippen molar-refractivity contribution in [2.45, 2.75) is 11.8 Å². The molecule has 6 nitrogen and oxygen atoms in total. The van der Waals surface area contributed by atoms with Crippen LogP contribution in [0.5, 0.6) is 5.75 Å². The van der Waals surface area contributed by atoms with Crippen molar-refractivity contribution < 1.29 is 27.1 Å². The van der Waals surface area contributed by atoms with Crippen LogP contribution in [0.15, 0.2) is 23.1 Å². The van der Waals surface area contributed by atoms with Crippen LogP contribution in [0.25, 0.3) is 0 Å². The third-order valence-corrected chi connectivity index (χ3v) is 4.01. The second-order valence-corrected chi connectivity index (χ2v) is 7.20. The van der Waals surface area contributed by atoms with Gasteiger partial charge in [-0.2, -0.15) is 0 Å². The number of carbonyl (C=O) groups is 1. The summed E-state index contributed by atoms with van der Waals surface area (Å²) < 4.78 is 47.6. The topological polar surface area (TPSA) is 81.7 Å². The zero-order valence-corrected chi connectivity index (χ0v) is 13.9. The van der Waals surface area contributed by atoms with Crippen LogP contribution in [0.3, 0.4) is 0 Å². The van der Waals surface area contributed by atoms with E-state index in [9.17, 15) is 17.6 Å². The van der Waals surface area contributed by atoms with Crippen LogP contribution in [-0.4, -0.2) is 46.2 Å². The molecule has 0 spiro atoms. The molecule has 0 bridgehead atoms. The van der Waals surface area contributed by atoms with Crippen LogP contribution < -0.4 is 9.46 Å². The SMILES string of the molecule is CCOC(=O)COc1ccc(SCCNS(C)(=O)=O)cc1F. The number of nitrogens with one attached hydrogen (secondary N) is 1. The summed E-state index contributed by atoms with van der Waals surface area (Å²) in [6, 6.07) is 4.32. The van der Waals surface area contributed by atoms with Gasteiger partial charge in [-0.3, -0.25) is 0 Å². The second-order valence-electron chi connectivity index (χ2n) is 4.20. The Bertz CT molecular complexity index is 606. The average molecular weight is 351 g/mol. The fourth-order valence-electron chi connectivity index (χ4n) is 1.42. The van der Waals surface area contributed by atoms with E-state index in [1.165, 1.54) is 23.9 Å². The molecule has 1 N–H and O–H groups in total. The zero-order valence-electron chi connectivity index (χ0n) is 12.3. The number of ether oxygens (including phenoxy) is 2. The summed E-state index contributed by atoms with van der Waals surface area (Å²) >= 11 is 1.30. The summed E-state index contributed by atoms with van der Waals surface area (Å²) in [4.78, 5) is 11.8. The predicted octanol–water partition coefficient (Wildman–Crippen LogP) is 1.41. The number of sulfonamides is 1. The minimum absolute atomic E-state index is 0.0355. The molecular formula is C13H18FNO5S2. The van der Waals surface area contributed by atoms with Crippen molar-refractivity contribution in [1.29, 1.82) is 0 Å². The van der Waals surface area contributed by atoms with E-state index in [-0.39, 0.29) is 25.5 Å². The highest BCUT2D eigenvalue weighted by molar-refractivity contribution is 7.99. The van der Waals surface area contributed by atoms with Crippen LogP contribution >= 0.6 is 11.8 Å². The van der Waals surface area contributed by atoms with Gasteiger partial charge in [0.25, 0.3) is 0 Å². The quantitative estimate of drug-likeness (QED) is 0.412. The molecule has 0 radical (unpaired) electrons. The maximum atomic E-state index is 13.8. The molecule has 0 saturated heterocycles. The molecule has 0 aliphatic carbocycles. The Morgan fingerprint density at radius 3 is 2.73 bits per heavy atom. The van der Waals surface area contributed by atoms with E-state index in [1.54, 1.807) is 13.0 Å². The van der Waals surface area contributed by atoms with Crippen molar-refractivity contribution in [2.75, 3.05) is 31.8 Å². The molecule has 1 rings (SSSR count). The van der Waals surface area contributed by atoms with Crippen LogP contribution in [0, 0.1) is 5.82 Å². The lowest BCUT2D eigenvalue weighted by atomic mass is 10.3. The van der Waals surface area contributed by atoms with Crippen LogP contribution in [0.4, 0.5) is 4.39 Å². The molecule has 0 aromatic heterocycles. The van der Waals surface area contributed by atoms with Gasteiger partial charge >= 0.3 is 5.97 Å². The lowest BCUT2D eigenvalue weighted by molar-refractivity contribution is -0.145. The molecule has 1 aromatic carbocycles. The molecule has 0 aliphatic rings. The van der Waals surface area contributed by atoms with Gasteiger partial charge < -0.3 is 9.47 Å². The molecule has 0 saturated carbocycles. The number of esters is 1. The predicted molar refractivity (Wildman–Crippen MR) is 82.1 cm³/mol. The Kier molecular flexibility index (Phi) is 7.63. The minimum atomic E-state index is -3.21. The first-order valence-electron chi connectivity index (χ1n) is 6.47. The largest absolute Gasteiger partial charge is 0.479 e. The Balaban J connectivity index is 2.46. The number of rotatable bonds is 9. The lowest BCUT2D eigenvalue weighted by Crippen LogP contribution is -2.24. The van der Waals surface area contributed by atoms with Gasteiger partial charge in [-0.25, -0.2) is 22.3 Å². The summed E-state index contributed by atoms with van der Waals surface area (Å²) in [6.45, 7) is 1.81. The molecule has 0 fully saturated rings. The van der Waals surface area contributed by atoms with Crippen LogP contribution in [-0.2, 0) is 19.6 Å². The Morgan fingerprint density at radius 2 is 2.14 bits per heavy atom. The second kappa shape index (κ2) is 8.96. The molecular weight excluding hydrogens is 333 g/mol. The highest BCUT2D eigenvalue weighted by Crippen LogP contribution is 2.24. The standard InChI is InChI=1S/C13H18FNO5S2/c1-3-19-13(16)9-20-12-5-4-10(8-11(12)14)21-7-6-15-22(2,17)18/h4-5,8,15H,3,6-7,9H2,1-2H3. The van der Waals surface area contributed by atoms with Crippen molar-refractivity contribution in [3.8, 4) is 5.75 Å². The normalized spacial score (nSPS) is 11.2. The molecule has 1 aromatic rings. The van der Waals surface area contributed by atoms with E-state index in [2.05, 4.69) is 9.46 Å². The molecule has 0 atom stereocenters. The van der Waals surface area contributed by atoms with E-state index >= 15 is 0 Å². The van der Waals surface area contributed by atoms with Gasteiger partial charge in [-0.1, -0.05) is 0 Å². The Morgan fingerprint density at radius 1 is 1.41 bits per heavy atom. The van der Waals surface area contributed by atoms with Gasteiger partial charge in [-0.15, -0.1) is 11.8 Å². The fourth-order valence-corrected chi connectivity index (χ4v) is 2.82. The third-order valence-electron chi connectivity index (χ3n) is 2.29. The van der Waals surface area contributed by atoms with Crippen LogP contribution in [0.2, 0.25) is 0 Å². The maximum absolute atomic E-state index is 13.8. The van der Waals surface area contributed by atoms with E-state index in [0.717, 1.165) is 6.26 Å². The first-order chi connectivity index (χ1) is 10.3. The summed E-state index contributed by atoms with van der Waals surface area (Å²) in [5.74, 6) is -0.723. The molecule has 9 heteroatoms. The highest BCUT2D eigenvalue weighted by Gasteiger charge is 2.09. The van der Waals surface area contributed by atoms with Crippen molar-refractivity contribution in [3.05, 3.63) is 24.0 Å². The van der Waals surface area contributed by atoms with E-state index in [1.807, 2.05) is 0 Å². The number of carbonyl (C=O) groups excluding carboxylic acids is 1. The number of benzene rings is 1. The smallest absolute Gasteiger partial charge is 0.344 e. The Hall–Kier alpha value is -1.32. The van der Waals surface area contributed by atoms with Crippen molar-refractivity contribution in [2.24, 2.45) is 0 Å². The fraction of sp³-hybridized carbons (Fsp3) is 0.462. The number of hydrogen-bond acceptors (Lipinski definition) is 6. The first-order valence-corrected chi connectivity index (χ1v) is 9.35. The van der Waals surface area contributed by atoms with Gasteiger partial charge in [0.1, 0.15) is 0 Å². The molecule has 0 unspecified atom stereocenters. The summed E-state index contributed by atoms with van der Waals surface area (Å²) in [6.07, 6.45) is 1.08.